The number of carbonyl (C=O) groups excluding carboxylic acids is 1. The summed E-state index contributed by atoms with van der Waals surface area (Å²) in [6, 6.07) is 6.21. The fourth-order valence-corrected chi connectivity index (χ4v) is 5.21. The molecule has 1 nitrogen and oxygen atoms in total. The van der Waals surface area contributed by atoms with Crippen molar-refractivity contribution in [2.24, 2.45) is 0 Å². The van der Waals surface area contributed by atoms with Crippen LogP contribution in [-0.4, -0.2) is 22.5 Å². The van der Waals surface area contributed by atoms with Gasteiger partial charge < -0.3 is 0 Å². The number of rotatable bonds is 3. The first-order chi connectivity index (χ1) is 8.58. The summed E-state index contributed by atoms with van der Waals surface area (Å²) in [6.45, 7) is 6.27. The van der Waals surface area contributed by atoms with Crippen LogP contribution in [0.3, 0.4) is 0 Å². The molecule has 1 atom stereocenters. The lowest BCUT2D eigenvalue weighted by atomic mass is 10.0. The fraction of sp³-hybridized carbons (Fsp3) is 0.562. The Morgan fingerprint density at radius 3 is 2.17 bits per heavy atom. The van der Waals surface area contributed by atoms with Gasteiger partial charge in [0.15, 0.2) is 5.25 Å². The van der Waals surface area contributed by atoms with Crippen molar-refractivity contribution in [3.05, 3.63) is 34.9 Å². The fourth-order valence-electron chi connectivity index (χ4n) is 2.71. The normalized spacial score (nSPS) is 18.6. The van der Waals surface area contributed by atoms with Crippen LogP contribution in [0.5, 0.6) is 0 Å². The molecule has 0 radical (unpaired) electrons. The summed E-state index contributed by atoms with van der Waals surface area (Å²) in [5.74, 6) is 2.88. The molecule has 0 bridgehead atoms. The van der Waals surface area contributed by atoms with Gasteiger partial charge in [-0.1, -0.05) is 17.2 Å². The molecule has 0 aliphatic carbocycles. The molecule has 0 amide bonds. The highest BCUT2D eigenvalue weighted by molar-refractivity contribution is 7.98. The van der Waals surface area contributed by atoms with Gasteiger partial charge in [0, 0.05) is 5.56 Å². The van der Waals surface area contributed by atoms with E-state index in [0.29, 0.717) is 16.7 Å². The van der Waals surface area contributed by atoms with Crippen LogP contribution in [0.15, 0.2) is 18.2 Å². The molecule has 1 aliphatic heterocycles. The summed E-state index contributed by atoms with van der Waals surface area (Å²) < 4.78 is 0. The lowest BCUT2D eigenvalue weighted by molar-refractivity contribution is 0.0992. The standard InChI is InChI=1S/C16H23OS/c1-12-9-13(2)11-15(10-12)16(17)14(3)18-7-5-4-6-8-18/h9-11,14H,4-8H2,1-3H3/q+1. The largest absolute Gasteiger partial charge is 0.289 e. The third-order valence-electron chi connectivity index (χ3n) is 3.69. The lowest BCUT2D eigenvalue weighted by Gasteiger charge is -2.19. The smallest absolute Gasteiger partial charge is 0.214 e. The highest BCUT2D eigenvalue weighted by atomic mass is 32.2. The van der Waals surface area contributed by atoms with Crippen LogP contribution in [0.1, 0.15) is 47.7 Å². The second kappa shape index (κ2) is 5.92. The summed E-state index contributed by atoms with van der Waals surface area (Å²) in [7, 11) is 0.317. The van der Waals surface area contributed by atoms with Gasteiger partial charge in [0.1, 0.15) is 11.5 Å². The number of hydrogen-bond donors (Lipinski definition) is 0. The Bertz CT molecular complexity index is 412. The zero-order valence-electron chi connectivity index (χ0n) is 11.7. The van der Waals surface area contributed by atoms with Gasteiger partial charge in [-0.25, -0.2) is 0 Å². The van der Waals surface area contributed by atoms with E-state index < -0.39 is 0 Å². The molecule has 0 saturated carbocycles. The molecule has 2 rings (SSSR count). The summed E-state index contributed by atoms with van der Waals surface area (Å²) in [6.07, 6.45) is 3.98. The number of hydrogen-bond acceptors (Lipinski definition) is 1. The predicted octanol–water partition coefficient (Wildman–Crippen LogP) is 3.68. The van der Waals surface area contributed by atoms with Gasteiger partial charge in [0.05, 0.1) is 0 Å². The second-order valence-electron chi connectivity index (χ2n) is 5.39. The molecule has 0 N–H and O–H groups in total. The van der Waals surface area contributed by atoms with Crippen LogP contribution in [0.25, 0.3) is 0 Å². The van der Waals surface area contributed by atoms with Crippen molar-refractivity contribution in [2.75, 3.05) is 11.5 Å². The van der Waals surface area contributed by atoms with Crippen LogP contribution in [0, 0.1) is 13.8 Å². The minimum absolute atomic E-state index is 0.214. The maximum atomic E-state index is 12.6. The maximum absolute atomic E-state index is 12.6. The van der Waals surface area contributed by atoms with E-state index in [1.54, 1.807) is 0 Å². The molecule has 0 spiro atoms. The molecular weight excluding hydrogens is 240 g/mol. The monoisotopic (exact) mass is 263 g/mol. The Morgan fingerprint density at radius 2 is 1.61 bits per heavy atom. The zero-order valence-corrected chi connectivity index (χ0v) is 12.5. The molecule has 1 unspecified atom stereocenters. The third kappa shape index (κ3) is 3.17. The van der Waals surface area contributed by atoms with Gasteiger partial charge >= 0.3 is 0 Å². The minimum atomic E-state index is 0.214. The summed E-state index contributed by atoms with van der Waals surface area (Å²) in [4.78, 5) is 12.6. The quantitative estimate of drug-likeness (QED) is 0.600. The van der Waals surface area contributed by atoms with E-state index in [2.05, 4.69) is 26.8 Å². The van der Waals surface area contributed by atoms with Gasteiger partial charge in [-0.15, -0.1) is 0 Å². The summed E-state index contributed by atoms with van der Waals surface area (Å²) in [5.41, 5.74) is 3.30. The van der Waals surface area contributed by atoms with Crippen molar-refractivity contribution in [1.82, 2.24) is 0 Å². The van der Waals surface area contributed by atoms with Crippen molar-refractivity contribution >= 4 is 16.7 Å². The number of aryl methyl sites for hydroxylation is 2. The Hall–Kier alpha value is -0.760. The lowest BCUT2D eigenvalue weighted by Crippen LogP contribution is -2.34. The molecule has 1 saturated heterocycles. The van der Waals surface area contributed by atoms with Crippen molar-refractivity contribution < 1.29 is 4.79 Å². The second-order valence-corrected chi connectivity index (χ2v) is 7.99. The molecule has 1 heterocycles. The average molecular weight is 263 g/mol. The third-order valence-corrected chi connectivity index (χ3v) is 6.53. The molecule has 18 heavy (non-hydrogen) atoms. The molecule has 0 aromatic heterocycles. The average Bonchev–Trinajstić information content (AvgIpc) is 2.37. The van der Waals surface area contributed by atoms with Crippen LogP contribution in [0.4, 0.5) is 0 Å². The topological polar surface area (TPSA) is 17.1 Å². The Morgan fingerprint density at radius 1 is 1.06 bits per heavy atom. The van der Waals surface area contributed by atoms with E-state index in [4.69, 9.17) is 0 Å². The van der Waals surface area contributed by atoms with E-state index in [1.807, 2.05) is 12.1 Å². The van der Waals surface area contributed by atoms with Gasteiger partial charge in [0.25, 0.3) is 0 Å². The number of Topliss-reactive ketones (excluding diaryl/α,β-unsaturated/α-hetero) is 1. The molecular formula is C16H23OS+. The van der Waals surface area contributed by atoms with E-state index in [9.17, 15) is 4.79 Å². The molecule has 1 fully saturated rings. The molecule has 1 aliphatic rings. The highest BCUT2D eigenvalue weighted by Crippen LogP contribution is 2.22. The first kappa shape index (κ1) is 13.7. The molecule has 1 aromatic rings. The summed E-state index contributed by atoms with van der Waals surface area (Å²) in [5, 5.41) is 0.214. The van der Waals surface area contributed by atoms with E-state index in [1.165, 1.54) is 41.9 Å². The van der Waals surface area contributed by atoms with Gasteiger partial charge in [0.2, 0.25) is 5.78 Å². The van der Waals surface area contributed by atoms with Crippen molar-refractivity contribution in [3.63, 3.8) is 0 Å². The maximum Gasteiger partial charge on any atom is 0.214 e. The Kier molecular flexibility index (Phi) is 4.50. The molecule has 98 valence electrons. The van der Waals surface area contributed by atoms with Crippen LogP contribution >= 0.6 is 0 Å². The number of ketones is 1. The van der Waals surface area contributed by atoms with Crippen molar-refractivity contribution in [2.45, 2.75) is 45.3 Å². The summed E-state index contributed by atoms with van der Waals surface area (Å²) >= 11 is 0. The van der Waals surface area contributed by atoms with Crippen LogP contribution in [0.2, 0.25) is 0 Å². The van der Waals surface area contributed by atoms with Crippen LogP contribution < -0.4 is 0 Å². The number of benzene rings is 1. The first-order valence-electron chi connectivity index (χ1n) is 6.87. The predicted molar refractivity (Wildman–Crippen MR) is 80.7 cm³/mol. The minimum Gasteiger partial charge on any atom is -0.289 e. The van der Waals surface area contributed by atoms with Crippen molar-refractivity contribution in [3.8, 4) is 0 Å². The van der Waals surface area contributed by atoms with Crippen LogP contribution in [-0.2, 0) is 10.9 Å². The van der Waals surface area contributed by atoms with Gasteiger partial charge in [-0.05, 0) is 63.1 Å². The first-order valence-corrected chi connectivity index (χ1v) is 8.49. The number of carbonyl (C=O) groups is 1. The SMILES string of the molecule is Cc1cc(C)cc(C(=O)C(C)[S+]2CCCCC2)c1. The Balaban J connectivity index is 2.14. The van der Waals surface area contributed by atoms with E-state index >= 15 is 0 Å². The van der Waals surface area contributed by atoms with Crippen molar-refractivity contribution in [1.29, 1.82) is 0 Å². The molecule has 2 heteroatoms. The van der Waals surface area contributed by atoms with E-state index in [0.717, 1.165) is 5.56 Å². The van der Waals surface area contributed by atoms with Gasteiger partial charge in [-0.2, -0.15) is 0 Å². The zero-order chi connectivity index (χ0) is 13.1. The molecule has 1 aromatic carbocycles. The Labute approximate surface area is 113 Å². The highest BCUT2D eigenvalue weighted by Gasteiger charge is 2.34. The van der Waals surface area contributed by atoms with E-state index in [-0.39, 0.29) is 5.25 Å². The van der Waals surface area contributed by atoms with Gasteiger partial charge in [-0.3, -0.25) is 4.79 Å².